The molecular formula is C14H10BrCl2FO. The molecule has 0 aliphatic carbocycles. The van der Waals surface area contributed by atoms with Crippen molar-refractivity contribution in [1.82, 2.24) is 0 Å². The summed E-state index contributed by atoms with van der Waals surface area (Å²) in [7, 11) is 1.55. The Morgan fingerprint density at radius 2 is 1.89 bits per heavy atom. The SMILES string of the molecule is COc1ccc(Cl)cc1C(Cl)c1cc(F)ccc1Br. The van der Waals surface area contributed by atoms with Gasteiger partial charge in [-0.2, -0.15) is 0 Å². The minimum atomic E-state index is -0.557. The Balaban J connectivity index is 2.51. The van der Waals surface area contributed by atoms with Crippen molar-refractivity contribution in [3.8, 4) is 5.75 Å². The predicted molar refractivity (Wildman–Crippen MR) is 79.8 cm³/mol. The normalized spacial score (nSPS) is 12.3. The smallest absolute Gasteiger partial charge is 0.123 e. The summed E-state index contributed by atoms with van der Waals surface area (Å²) < 4.78 is 19.3. The van der Waals surface area contributed by atoms with Crippen LogP contribution in [0.2, 0.25) is 5.02 Å². The first-order valence-corrected chi connectivity index (χ1v) is 7.06. The summed E-state index contributed by atoms with van der Waals surface area (Å²) >= 11 is 15.8. The second kappa shape index (κ2) is 6.12. The maximum Gasteiger partial charge on any atom is 0.123 e. The van der Waals surface area contributed by atoms with Gasteiger partial charge in [0.1, 0.15) is 11.6 Å². The van der Waals surface area contributed by atoms with Crippen molar-refractivity contribution in [2.24, 2.45) is 0 Å². The lowest BCUT2D eigenvalue weighted by atomic mass is 10.0. The summed E-state index contributed by atoms with van der Waals surface area (Å²) in [6.45, 7) is 0. The molecule has 1 nitrogen and oxygen atoms in total. The van der Waals surface area contributed by atoms with Gasteiger partial charge in [-0.3, -0.25) is 0 Å². The van der Waals surface area contributed by atoms with E-state index in [0.29, 0.717) is 21.9 Å². The molecule has 2 aromatic rings. The third kappa shape index (κ3) is 3.22. The molecular weight excluding hydrogens is 354 g/mol. The molecule has 0 radical (unpaired) electrons. The average molecular weight is 364 g/mol. The molecule has 0 bridgehead atoms. The summed E-state index contributed by atoms with van der Waals surface area (Å²) in [5.74, 6) is 0.269. The van der Waals surface area contributed by atoms with Crippen LogP contribution in [0.1, 0.15) is 16.5 Å². The van der Waals surface area contributed by atoms with Gasteiger partial charge in [-0.05, 0) is 42.0 Å². The second-order valence-corrected chi connectivity index (χ2v) is 5.64. The van der Waals surface area contributed by atoms with Crippen LogP contribution in [-0.4, -0.2) is 7.11 Å². The van der Waals surface area contributed by atoms with Gasteiger partial charge in [-0.25, -0.2) is 4.39 Å². The number of hydrogen-bond acceptors (Lipinski definition) is 1. The van der Waals surface area contributed by atoms with Gasteiger partial charge in [0.05, 0.1) is 12.5 Å². The van der Waals surface area contributed by atoms with E-state index in [2.05, 4.69) is 15.9 Å². The van der Waals surface area contributed by atoms with Gasteiger partial charge in [0.2, 0.25) is 0 Å². The Kier molecular flexibility index (Phi) is 4.71. The maximum atomic E-state index is 13.3. The monoisotopic (exact) mass is 362 g/mol. The fourth-order valence-electron chi connectivity index (χ4n) is 1.78. The molecule has 0 fully saturated rings. The molecule has 0 aliphatic rings. The Bertz CT molecular complexity index is 604. The lowest BCUT2D eigenvalue weighted by Gasteiger charge is -2.16. The zero-order valence-corrected chi connectivity index (χ0v) is 13.1. The Morgan fingerprint density at radius 3 is 2.58 bits per heavy atom. The second-order valence-electron chi connectivity index (χ2n) is 3.91. The van der Waals surface area contributed by atoms with E-state index < -0.39 is 5.38 Å². The molecule has 0 aromatic heterocycles. The van der Waals surface area contributed by atoms with Gasteiger partial charge in [0.15, 0.2) is 0 Å². The summed E-state index contributed by atoms with van der Waals surface area (Å²) in [6.07, 6.45) is 0. The Hall–Kier alpha value is -0.770. The van der Waals surface area contributed by atoms with Crippen LogP contribution < -0.4 is 4.74 Å². The van der Waals surface area contributed by atoms with Gasteiger partial charge >= 0.3 is 0 Å². The van der Waals surface area contributed by atoms with E-state index in [0.717, 1.165) is 4.47 Å². The van der Waals surface area contributed by atoms with Crippen LogP contribution in [0, 0.1) is 5.82 Å². The highest BCUT2D eigenvalue weighted by atomic mass is 79.9. The number of benzene rings is 2. The lowest BCUT2D eigenvalue weighted by molar-refractivity contribution is 0.410. The standard InChI is InChI=1S/C14H10BrCl2FO/c1-19-13-5-2-8(16)6-11(13)14(17)10-7-9(18)3-4-12(10)15/h2-7,14H,1H3. The molecule has 2 rings (SSSR count). The van der Waals surface area contributed by atoms with E-state index in [1.807, 2.05) is 0 Å². The highest BCUT2D eigenvalue weighted by Gasteiger charge is 2.19. The zero-order chi connectivity index (χ0) is 14.0. The number of halogens is 4. The number of ether oxygens (including phenoxy) is 1. The van der Waals surface area contributed by atoms with Crippen molar-refractivity contribution < 1.29 is 9.13 Å². The van der Waals surface area contributed by atoms with Crippen molar-refractivity contribution in [3.05, 3.63) is 62.8 Å². The molecule has 0 spiro atoms. The topological polar surface area (TPSA) is 9.23 Å². The van der Waals surface area contributed by atoms with Crippen LogP contribution in [0.3, 0.4) is 0 Å². The maximum absolute atomic E-state index is 13.3. The first-order chi connectivity index (χ1) is 9.02. The molecule has 2 aromatic carbocycles. The molecule has 0 heterocycles. The summed E-state index contributed by atoms with van der Waals surface area (Å²) in [6, 6.07) is 9.55. The molecule has 0 N–H and O–H groups in total. The first-order valence-electron chi connectivity index (χ1n) is 5.45. The third-order valence-electron chi connectivity index (χ3n) is 2.70. The molecule has 0 saturated carbocycles. The van der Waals surface area contributed by atoms with Crippen molar-refractivity contribution in [1.29, 1.82) is 0 Å². The summed E-state index contributed by atoms with van der Waals surface area (Å²) in [4.78, 5) is 0. The van der Waals surface area contributed by atoms with Crippen LogP contribution >= 0.6 is 39.1 Å². The lowest BCUT2D eigenvalue weighted by Crippen LogP contribution is -1.99. The quantitative estimate of drug-likeness (QED) is 0.647. The van der Waals surface area contributed by atoms with E-state index in [-0.39, 0.29) is 5.82 Å². The van der Waals surface area contributed by atoms with Gasteiger partial charge in [-0.1, -0.05) is 27.5 Å². The van der Waals surface area contributed by atoms with Crippen LogP contribution in [0.4, 0.5) is 4.39 Å². The van der Waals surface area contributed by atoms with Crippen molar-refractivity contribution in [2.45, 2.75) is 5.38 Å². The van der Waals surface area contributed by atoms with Gasteiger partial charge in [0, 0.05) is 15.1 Å². The minimum Gasteiger partial charge on any atom is -0.496 e. The fourth-order valence-corrected chi connectivity index (χ4v) is 2.92. The number of methoxy groups -OCH3 is 1. The van der Waals surface area contributed by atoms with Crippen molar-refractivity contribution in [2.75, 3.05) is 7.11 Å². The van der Waals surface area contributed by atoms with Crippen LogP contribution in [0.5, 0.6) is 5.75 Å². The zero-order valence-electron chi connectivity index (χ0n) is 9.96. The van der Waals surface area contributed by atoms with Gasteiger partial charge in [-0.15, -0.1) is 11.6 Å². The average Bonchev–Trinajstić information content (AvgIpc) is 2.40. The van der Waals surface area contributed by atoms with Crippen LogP contribution in [0.25, 0.3) is 0 Å². The predicted octanol–water partition coefficient (Wildman–Crippen LogP) is 5.58. The van der Waals surface area contributed by atoms with E-state index in [1.165, 1.54) is 12.1 Å². The summed E-state index contributed by atoms with van der Waals surface area (Å²) in [5.41, 5.74) is 1.32. The van der Waals surface area contributed by atoms with Crippen LogP contribution in [0.15, 0.2) is 40.9 Å². The Morgan fingerprint density at radius 1 is 1.16 bits per heavy atom. The molecule has 19 heavy (non-hydrogen) atoms. The molecule has 1 atom stereocenters. The van der Waals surface area contributed by atoms with E-state index in [1.54, 1.807) is 31.4 Å². The van der Waals surface area contributed by atoms with E-state index in [9.17, 15) is 4.39 Å². The molecule has 5 heteroatoms. The fraction of sp³-hybridized carbons (Fsp3) is 0.143. The number of rotatable bonds is 3. The summed E-state index contributed by atoms with van der Waals surface area (Å²) in [5, 5.41) is -0.00676. The van der Waals surface area contributed by atoms with E-state index in [4.69, 9.17) is 27.9 Å². The highest BCUT2D eigenvalue weighted by molar-refractivity contribution is 9.10. The highest BCUT2D eigenvalue weighted by Crippen LogP contribution is 2.39. The molecule has 0 amide bonds. The number of alkyl halides is 1. The number of hydrogen-bond donors (Lipinski definition) is 0. The molecule has 100 valence electrons. The molecule has 1 unspecified atom stereocenters. The van der Waals surface area contributed by atoms with Gasteiger partial charge in [0.25, 0.3) is 0 Å². The Labute approximate surface area is 129 Å². The minimum absolute atomic E-state index is 0.343. The first kappa shape index (κ1) is 14.6. The van der Waals surface area contributed by atoms with Crippen LogP contribution in [-0.2, 0) is 0 Å². The molecule has 0 saturated heterocycles. The molecule has 0 aliphatic heterocycles. The van der Waals surface area contributed by atoms with Crippen molar-refractivity contribution >= 4 is 39.1 Å². The van der Waals surface area contributed by atoms with Gasteiger partial charge < -0.3 is 4.74 Å². The largest absolute Gasteiger partial charge is 0.496 e. The van der Waals surface area contributed by atoms with E-state index >= 15 is 0 Å². The van der Waals surface area contributed by atoms with Crippen molar-refractivity contribution in [3.63, 3.8) is 0 Å². The third-order valence-corrected chi connectivity index (χ3v) is 4.12.